The van der Waals surface area contributed by atoms with E-state index in [9.17, 15) is 9.59 Å². The Kier molecular flexibility index (Phi) is 6.18. The van der Waals surface area contributed by atoms with E-state index in [2.05, 4.69) is 13.5 Å². The number of methoxy groups -OCH3 is 1. The van der Waals surface area contributed by atoms with E-state index >= 15 is 0 Å². The Morgan fingerprint density at radius 2 is 1.92 bits per heavy atom. The van der Waals surface area contributed by atoms with Gasteiger partial charge in [0.1, 0.15) is 5.76 Å². The quantitative estimate of drug-likeness (QED) is 0.401. The third kappa shape index (κ3) is 3.84. The maximum Gasteiger partial charge on any atom is 0.269 e. The van der Waals surface area contributed by atoms with Crippen LogP contribution >= 0.6 is 0 Å². The molecule has 0 saturated carbocycles. The smallest absolute Gasteiger partial charge is 0.269 e. The van der Waals surface area contributed by atoms with Gasteiger partial charge in [0.25, 0.3) is 5.91 Å². The first-order valence-electron chi connectivity index (χ1n) is 8.84. The summed E-state index contributed by atoms with van der Waals surface area (Å²) in [5.41, 5.74) is 3.76. The molecule has 2 amide bonds. The Morgan fingerprint density at radius 1 is 1.20 bits per heavy atom. The van der Waals surface area contributed by atoms with Crippen molar-refractivity contribution in [3.8, 4) is 0 Å². The fourth-order valence-electron chi connectivity index (χ4n) is 3.16. The van der Waals surface area contributed by atoms with Crippen molar-refractivity contribution < 1.29 is 14.3 Å². The lowest BCUT2D eigenvalue weighted by Crippen LogP contribution is -2.31. The number of hydrogen-bond donors (Lipinski definition) is 0. The van der Waals surface area contributed by atoms with E-state index in [1.165, 1.54) is 11.8 Å². The van der Waals surface area contributed by atoms with E-state index < -0.39 is 0 Å². The third-order valence-corrected chi connectivity index (χ3v) is 4.51. The highest BCUT2D eigenvalue weighted by molar-refractivity contribution is 6.40. The molecule has 0 atom stereocenters. The first-order valence-corrected chi connectivity index (χ1v) is 8.84. The average molecular weight is 341 g/mol. The monoisotopic (exact) mass is 341 g/mol. The van der Waals surface area contributed by atoms with E-state index in [0.717, 1.165) is 42.4 Å². The molecular weight excluding hydrogens is 314 g/mol. The summed E-state index contributed by atoms with van der Waals surface area (Å²) >= 11 is 0. The van der Waals surface area contributed by atoms with Crippen molar-refractivity contribution in [1.29, 1.82) is 0 Å². The largest absolute Gasteiger partial charge is 0.500 e. The molecule has 0 bridgehead atoms. The Balaban J connectivity index is 2.52. The molecule has 0 aliphatic carbocycles. The molecule has 0 aromatic heterocycles. The predicted octanol–water partition coefficient (Wildman–Crippen LogP) is 4.94. The van der Waals surface area contributed by atoms with E-state index in [0.29, 0.717) is 23.4 Å². The zero-order chi connectivity index (χ0) is 18.6. The molecule has 0 fully saturated rings. The van der Waals surface area contributed by atoms with Crippen LogP contribution in [-0.2, 0) is 14.3 Å². The minimum Gasteiger partial charge on any atom is -0.500 e. The number of fused-ring (bicyclic) bond motifs is 1. The van der Waals surface area contributed by atoms with Crippen LogP contribution in [0.25, 0.3) is 11.1 Å². The fraction of sp³-hybridized carbons (Fsp3) is 0.429. The van der Waals surface area contributed by atoms with Gasteiger partial charge in [0.2, 0.25) is 5.91 Å². The third-order valence-electron chi connectivity index (χ3n) is 4.51. The van der Waals surface area contributed by atoms with Gasteiger partial charge >= 0.3 is 0 Å². The Labute approximate surface area is 150 Å². The number of rotatable bonds is 7. The van der Waals surface area contributed by atoms with Crippen molar-refractivity contribution in [3.63, 3.8) is 0 Å². The molecule has 2 rings (SSSR count). The zero-order valence-electron chi connectivity index (χ0n) is 15.6. The van der Waals surface area contributed by atoms with Gasteiger partial charge in [0, 0.05) is 18.9 Å². The van der Waals surface area contributed by atoms with Gasteiger partial charge in [-0.3, -0.25) is 9.59 Å². The molecule has 1 aliphatic rings. The molecule has 0 N–H and O–H groups in total. The van der Waals surface area contributed by atoms with Crippen LogP contribution in [0.3, 0.4) is 0 Å². The molecule has 0 radical (unpaired) electrons. The van der Waals surface area contributed by atoms with Crippen molar-refractivity contribution in [2.24, 2.45) is 0 Å². The molecule has 1 heterocycles. The molecule has 0 spiro atoms. The van der Waals surface area contributed by atoms with Gasteiger partial charge in [-0.05, 0) is 31.0 Å². The van der Waals surface area contributed by atoms with Crippen LogP contribution in [0.5, 0.6) is 0 Å². The van der Waals surface area contributed by atoms with Gasteiger partial charge in [-0.2, -0.15) is 0 Å². The van der Waals surface area contributed by atoms with E-state index in [4.69, 9.17) is 4.74 Å². The van der Waals surface area contributed by atoms with Gasteiger partial charge < -0.3 is 4.74 Å². The number of ether oxygens (including phenoxy) is 1. The normalized spacial score (nSPS) is 15.2. The molecule has 25 heavy (non-hydrogen) atoms. The second-order valence-electron chi connectivity index (χ2n) is 6.48. The molecule has 1 aromatic carbocycles. The number of nitrogens with zero attached hydrogens (tertiary/aromatic N) is 1. The molecule has 0 saturated heterocycles. The molecule has 1 aromatic rings. The molecular formula is C21H27NO3. The Hall–Kier alpha value is -2.36. The summed E-state index contributed by atoms with van der Waals surface area (Å²) in [5.74, 6) is 0.0736. The number of carbonyl (C=O) groups excluding carboxylic acids is 2. The molecule has 4 heteroatoms. The summed E-state index contributed by atoms with van der Waals surface area (Å²) < 4.78 is 5.57. The second-order valence-corrected chi connectivity index (χ2v) is 6.48. The highest BCUT2D eigenvalue weighted by Crippen LogP contribution is 2.41. The van der Waals surface area contributed by atoms with Gasteiger partial charge in [-0.1, -0.05) is 44.4 Å². The molecule has 4 nitrogen and oxygen atoms in total. The summed E-state index contributed by atoms with van der Waals surface area (Å²) in [6.07, 6.45) is 5.07. The predicted molar refractivity (Wildman–Crippen MR) is 102 cm³/mol. The summed E-state index contributed by atoms with van der Waals surface area (Å²) in [7, 11) is 1.59. The lowest BCUT2D eigenvalue weighted by Gasteiger charge is -2.12. The molecule has 1 aliphatic heterocycles. The summed E-state index contributed by atoms with van der Waals surface area (Å²) in [6, 6.07) is 5.63. The molecule has 0 unspecified atom stereocenters. The number of hydrogen-bond acceptors (Lipinski definition) is 3. The highest BCUT2D eigenvalue weighted by atomic mass is 16.5. The summed E-state index contributed by atoms with van der Waals surface area (Å²) in [6.45, 7) is 9.47. The number of unbranched alkanes of at least 4 members (excludes halogenated alkanes) is 3. The highest BCUT2D eigenvalue weighted by Gasteiger charge is 2.37. The standard InChI is InChI=1S/C21H27NO3/c1-6-7-8-9-10-19(25-5)20-17-13-16(14(2)3)11-12-18(17)22(15(4)23)21(20)24/h11-13H,2,6-10H2,1,3-5H3/b20-19-. The van der Waals surface area contributed by atoms with Crippen molar-refractivity contribution in [2.75, 3.05) is 12.0 Å². The lowest BCUT2D eigenvalue weighted by molar-refractivity contribution is -0.122. The topological polar surface area (TPSA) is 46.6 Å². The minimum atomic E-state index is -0.297. The fourth-order valence-corrected chi connectivity index (χ4v) is 3.16. The SMILES string of the molecule is C=C(C)c1ccc2c(c1)/C(=C(\CCCCCC)OC)C(=O)N2C(C)=O. The number of imide groups is 1. The number of allylic oxidation sites excluding steroid dienone is 2. The van der Waals surface area contributed by atoms with Crippen molar-refractivity contribution in [2.45, 2.75) is 52.9 Å². The van der Waals surface area contributed by atoms with Gasteiger partial charge in [0.15, 0.2) is 0 Å². The van der Waals surface area contributed by atoms with Gasteiger partial charge in [0.05, 0.1) is 18.4 Å². The maximum atomic E-state index is 12.9. The van der Waals surface area contributed by atoms with Crippen LogP contribution in [0.1, 0.15) is 64.0 Å². The van der Waals surface area contributed by atoms with Crippen LogP contribution in [0, 0.1) is 0 Å². The number of amides is 2. The zero-order valence-corrected chi connectivity index (χ0v) is 15.6. The van der Waals surface area contributed by atoms with Crippen LogP contribution < -0.4 is 4.90 Å². The van der Waals surface area contributed by atoms with Crippen LogP contribution in [0.2, 0.25) is 0 Å². The van der Waals surface area contributed by atoms with Crippen LogP contribution in [0.4, 0.5) is 5.69 Å². The van der Waals surface area contributed by atoms with Crippen LogP contribution in [0.15, 0.2) is 30.5 Å². The Bertz CT molecular complexity index is 731. The average Bonchev–Trinajstić information content (AvgIpc) is 2.86. The first kappa shape index (κ1) is 19.0. The van der Waals surface area contributed by atoms with E-state index in [-0.39, 0.29) is 11.8 Å². The minimum absolute atomic E-state index is 0.286. The maximum absolute atomic E-state index is 12.9. The van der Waals surface area contributed by atoms with Crippen LogP contribution in [-0.4, -0.2) is 18.9 Å². The van der Waals surface area contributed by atoms with Gasteiger partial charge in [-0.25, -0.2) is 4.90 Å². The van der Waals surface area contributed by atoms with E-state index in [1.54, 1.807) is 7.11 Å². The first-order chi connectivity index (χ1) is 11.9. The van der Waals surface area contributed by atoms with Crippen molar-refractivity contribution in [3.05, 3.63) is 41.7 Å². The number of carbonyl (C=O) groups is 2. The van der Waals surface area contributed by atoms with E-state index in [1.807, 2.05) is 25.1 Å². The Morgan fingerprint density at radius 3 is 2.48 bits per heavy atom. The van der Waals surface area contributed by atoms with Crippen molar-refractivity contribution >= 4 is 28.6 Å². The lowest BCUT2D eigenvalue weighted by atomic mass is 9.98. The summed E-state index contributed by atoms with van der Waals surface area (Å²) in [5, 5.41) is 0. The number of anilines is 1. The van der Waals surface area contributed by atoms with Crippen molar-refractivity contribution in [1.82, 2.24) is 0 Å². The van der Waals surface area contributed by atoms with Gasteiger partial charge in [-0.15, -0.1) is 0 Å². The second kappa shape index (κ2) is 8.15. The number of benzene rings is 1. The summed E-state index contributed by atoms with van der Waals surface area (Å²) in [4.78, 5) is 26.2. The molecule has 134 valence electrons.